The topological polar surface area (TPSA) is 289 Å². The van der Waals surface area contributed by atoms with Crippen LogP contribution in [0.25, 0.3) is 6.08 Å². The number of amides is 6. The highest BCUT2D eigenvalue weighted by molar-refractivity contribution is 6.14. The van der Waals surface area contributed by atoms with Gasteiger partial charge in [0.2, 0.25) is 5.91 Å². The molecule has 0 atom stereocenters. The summed E-state index contributed by atoms with van der Waals surface area (Å²) in [5, 5.41) is 3.91. The van der Waals surface area contributed by atoms with E-state index >= 15 is 0 Å². The Kier molecular flexibility index (Phi) is 31.6. The average Bonchev–Trinajstić information content (AvgIpc) is 3.60. The lowest BCUT2D eigenvalue weighted by Gasteiger charge is -2.40. The Morgan fingerprint density at radius 1 is 0.697 bits per heavy atom. The van der Waals surface area contributed by atoms with Crippen LogP contribution >= 0.6 is 0 Å². The van der Waals surface area contributed by atoms with Crippen LogP contribution in [0.4, 0.5) is 10.5 Å². The molecule has 0 aromatic carbocycles. The molecule has 0 spiro atoms. The smallest absolute Gasteiger partial charge is 0.409 e. The molecular formula is C50H78N8O18. The molecule has 76 heavy (non-hydrogen) atoms. The number of nitrogens with two attached hydrogens (primary N) is 1. The van der Waals surface area contributed by atoms with Crippen molar-refractivity contribution in [2.24, 2.45) is 16.6 Å². The molecule has 3 N–H and O–H groups in total. The van der Waals surface area contributed by atoms with Crippen molar-refractivity contribution in [2.75, 3.05) is 192 Å². The van der Waals surface area contributed by atoms with Gasteiger partial charge in [0.1, 0.15) is 19.0 Å². The largest absolute Gasteiger partial charge is 0.447 e. The van der Waals surface area contributed by atoms with Gasteiger partial charge in [0.05, 0.1) is 156 Å². The molecule has 3 aliphatic rings. The van der Waals surface area contributed by atoms with Crippen LogP contribution in [-0.4, -0.2) is 258 Å². The zero-order valence-corrected chi connectivity index (χ0v) is 44.3. The maximum Gasteiger partial charge on any atom is 0.409 e. The van der Waals surface area contributed by atoms with Crippen LogP contribution in [0.1, 0.15) is 42.7 Å². The van der Waals surface area contributed by atoms with Crippen molar-refractivity contribution in [3.8, 4) is 0 Å². The lowest BCUT2D eigenvalue weighted by Crippen LogP contribution is -2.54. The normalized spacial score (nSPS) is 14.3. The highest BCUT2D eigenvalue weighted by Gasteiger charge is 2.34. The van der Waals surface area contributed by atoms with Crippen molar-refractivity contribution in [1.82, 2.24) is 30.1 Å². The Morgan fingerprint density at radius 2 is 1.17 bits per heavy atom. The second-order valence-electron chi connectivity index (χ2n) is 17.0. The summed E-state index contributed by atoms with van der Waals surface area (Å²) in [7, 11) is 1.65. The Morgan fingerprint density at radius 3 is 1.64 bits per heavy atom. The number of likely N-dealkylation sites (tertiary alicyclic amines) is 1. The van der Waals surface area contributed by atoms with Gasteiger partial charge in [-0.15, -0.1) is 0 Å². The van der Waals surface area contributed by atoms with E-state index in [9.17, 15) is 28.8 Å². The molecule has 6 amide bonds. The number of carbonyl (C=O) groups is 6. The molecule has 0 aliphatic carbocycles. The van der Waals surface area contributed by atoms with Crippen LogP contribution in [0.5, 0.6) is 0 Å². The van der Waals surface area contributed by atoms with E-state index < -0.39 is 23.8 Å². The van der Waals surface area contributed by atoms with Crippen LogP contribution in [0.15, 0.2) is 35.0 Å². The summed E-state index contributed by atoms with van der Waals surface area (Å²) < 4.78 is 60.1. The first-order valence-electron chi connectivity index (χ1n) is 25.7. The van der Waals surface area contributed by atoms with Crippen LogP contribution in [0.2, 0.25) is 0 Å². The number of nitrogens with zero attached hydrogens (tertiary/aromatic N) is 6. The quantitative estimate of drug-likeness (QED) is 0.0508. The number of ether oxygens (including phenoxy) is 11. The lowest BCUT2D eigenvalue weighted by atomic mass is 9.98. The fourth-order valence-electron chi connectivity index (χ4n) is 7.19. The number of pyridine rings is 1. The van der Waals surface area contributed by atoms with E-state index in [1.165, 1.54) is 16.2 Å². The molecular weight excluding hydrogens is 1000 g/mol. The first-order valence-corrected chi connectivity index (χ1v) is 25.7. The van der Waals surface area contributed by atoms with Crippen molar-refractivity contribution in [3.63, 3.8) is 0 Å². The van der Waals surface area contributed by atoms with Crippen molar-refractivity contribution in [1.29, 1.82) is 0 Å². The van der Waals surface area contributed by atoms with Gasteiger partial charge in [-0.3, -0.25) is 38.7 Å². The third kappa shape index (κ3) is 25.1. The molecule has 1 aromatic heterocycles. The average molecular weight is 1080 g/mol. The van der Waals surface area contributed by atoms with Gasteiger partial charge < -0.3 is 73.0 Å². The van der Waals surface area contributed by atoms with Crippen molar-refractivity contribution in [3.05, 3.63) is 41.2 Å². The number of aliphatic imine (C=N–C) groups is 1. The number of rotatable bonds is 43. The summed E-state index contributed by atoms with van der Waals surface area (Å²) in [5.41, 5.74) is 7.76. The number of hydroxylamine groups is 2. The van der Waals surface area contributed by atoms with E-state index in [0.29, 0.717) is 174 Å². The summed E-state index contributed by atoms with van der Waals surface area (Å²) in [4.78, 5) is 92.2. The molecule has 426 valence electrons. The SMILES string of the molecule is CCCN(OCC)C(=O)C1=Cc2ncc(C(=O)N3CC(CN(C)C(=O)OCCOCCOCCOCCOCCOCCOCCOCCOCCOCCOCCNC(=O)CN4C(=O)C=CC4=O)C3)cc2N=C(N)C1. The maximum absolute atomic E-state index is 13.3. The standard InChI is InChI=1S/C50H78N8O18/c1-4-9-58(76-5-2)49(63)40-31-42-43(54-44(51)33-40)32-41(34-53-42)48(62)56-36-39(37-56)35-55(3)50(64)75-30-29-74-28-27-73-26-25-72-24-23-71-22-21-70-20-19-69-18-17-68-16-15-67-14-13-66-12-11-65-10-8-52-45(59)38-57-46(60)6-7-47(57)61/h6-7,31-32,34,39H,4-5,8-30,33,35-38H2,1-3H3,(H2,51,54)(H,52,59). The minimum absolute atomic E-state index is 0.0816. The maximum atomic E-state index is 13.3. The first kappa shape index (κ1) is 63.0. The zero-order chi connectivity index (χ0) is 54.6. The van der Waals surface area contributed by atoms with Gasteiger partial charge >= 0.3 is 6.09 Å². The first-order chi connectivity index (χ1) is 37.0. The Balaban J connectivity index is 0.837. The molecule has 1 saturated heterocycles. The number of hydrogen-bond acceptors (Lipinski definition) is 21. The molecule has 4 heterocycles. The second kappa shape index (κ2) is 38.1. The molecule has 26 nitrogen and oxygen atoms in total. The van der Waals surface area contributed by atoms with Gasteiger partial charge in [-0.05, 0) is 25.5 Å². The predicted octanol–water partition coefficient (Wildman–Crippen LogP) is 0.395. The number of carbonyl (C=O) groups excluding carboxylic acids is 6. The Hall–Kier alpha value is -5.52. The van der Waals surface area contributed by atoms with E-state index in [4.69, 9.17) is 62.7 Å². The molecule has 0 unspecified atom stereocenters. The van der Waals surface area contributed by atoms with Gasteiger partial charge in [0, 0.05) is 76.0 Å². The van der Waals surface area contributed by atoms with E-state index in [-0.39, 0.29) is 62.9 Å². The molecule has 26 heteroatoms. The third-order valence-corrected chi connectivity index (χ3v) is 11.0. The molecule has 1 fully saturated rings. The molecule has 0 radical (unpaired) electrons. The van der Waals surface area contributed by atoms with Crippen molar-refractivity contribution < 1.29 is 85.7 Å². The summed E-state index contributed by atoms with van der Waals surface area (Å²) in [6, 6.07) is 1.63. The van der Waals surface area contributed by atoms with Crippen LogP contribution < -0.4 is 11.1 Å². The molecule has 0 saturated carbocycles. The van der Waals surface area contributed by atoms with Crippen molar-refractivity contribution >= 4 is 53.2 Å². The highest BCUT2D eigenvalue weighted by atomic mass is 16.7. The fourth-order valence-corrected chi connectivity index (χ4v) is 7.19. The van der Waals surface area contributed by atoms with Crippen LogP contribution in [0, 0.1) is 5.92 Å². The predicted molar refractivity (Wildman–Crippen MR) is 272 cm³/mol. The second-order valence-corrected chi connectivity index (χ2v) is 17.0. The summed E-state index contributed by atoms with van der Waals surface area (Å²) >= 11 is 0. The van der Waals surface area contributed by atoms with Gasteiger partial charge in [0.25, 0.3) is 23.6 Å². The van der Waals surface area contributed by atoms with Gasteiger partial charge in [-0.25, -0.2) is 14.9 Å². The van der Waals surface area contributed by atoms with Gasteiger partial charge in [-0.2, -0.15) is 0 Å². The van der Waals surface area contributed by atoms with Gasteiger partial charge in [0.15, 0.2) is 0 Å². The number of imide groups is 1. The number of fused-ring (bicyclic) bond motifs is 1. The zero-order valence-electron chi connectivity index (χ0n) is 44.3. The number of amidine groups is 1. The Labute approximate surface area is 444 Å². The number of aromatic nitrogens is 1. The third-order valence-electron chi connectivity index (χ3n) is 11.0. The monoisotopic (exact) mass is 1080 g/mol. The van der Waals surface area contributed by atoms with Crippen LogP contribution in [-0.2, 0) is 76.1 Å². The Bertz CT molecular complexity index is 2000. The summed E-state index contributed by atoms with van der Waals surface area (Å²) in [5.74, 6) is -1.64. The fraction of sp³-hybridized carbons (Fsp3) is 0.680. The lowest BCUT2D eigenvalue weighted by molar-refractivity contribution is -0.180. The van der Waals surface area contributed by atoms with E-state index in [1.807, 2.05) is 13.8 Å². The van der Waals surface area contributed by atoms with E-state index in [2.05, 4.69) is 15.3 Å². The van der Waals surface area contributed by atoms with E-state index in [1.54, 1.807) is 24.1 Å². The summed E-state index contributed by atoms with van der Waals surface area (Å²) in [6.45, 7) is 13.8. The van der Waals surface area contributed by atoms with Crippen molar-refractivity contribution in [2.45, 2.75) is 26.7 Å². The number of hydrogen-bond donors (Lipinski definition) is 2. The summed E-state index contributed by atoms with van der Waals surface area (Å²) in [6.07, 6.45) is 5.75. The number of nitrogens with one attached hydrogen (secondary N) is 1. The molecule has 1 aromatic rings. The molecule has 0 bridgehead atoms. The van der Waals surface area contributed by atoms with Crippen LogP contribution in [0.3, 0.4) is 0 Å². The molecule has 3 aliphatic heterocycles. The molecule has 4 rings (SSSR count). The van der Waals surface area contributed by atoms with E-state index in [0.717, 1.165) is 23.5 Å². The highest BCUT2D eigenvalue weighted by Crippen LogP contribution is 2.28. The minimum atomic E-state index is -0.501. The van der Waals surface area contributed by atoms with Gasteiger partial charge in [-0.1, -0.05) is 6.92 Å². The minimum Gasteiger partial charge on any atom is -0.447 e.